The summed E-state index contributed by atoms with van der Waals surface area (Å²) in [7, 11) is -2.68. The highest BCUT2D eigenvalue weighted by Gasteiger charge is 2.19. The monoisotopic (exact) mass is 426 g/mol. The van der Waals surface area contributed by atoms with Gasteiger partial charge in [0.25, 0.3) is 5.91 Å². The number of halogens is 1. The number of nitrogens with one attached hydrogen (secondary N) is 1. The predicted molar refractivity (Wildman–Crippen MR) is 101 cm³/mol. The van der Waals surface area contributed by atoms with E-state index in [1.807, 2.05) is 26.0 Å². The summed E-state index contributed by atoms with van der Waals surface area (Å²) in [5, 5.41) is 8.05. The van der Waals surface area contributed by atoms with Gasteiger partial charge in [-0.1, -0.05) is 22.9 Å². The summed E-state index contributed by atoms with van der Waals surface area (Å²) in [4.78, 5) is 12.4. The Balaban J connectivity index is 2.43. The maximum atomic E-state index is 12.6. The zero-order valence-electron chi connectivity index (χ0n) is 14.1. The van der Waals surface area contributed by atoms with Crippen molar-refractivity contribution in [3.8, 4) is 5.75 Å². The Labute approximate surface area is 155 Å². The molecule has 0 aliphatic heterocycles. The summed E-state index contributed by atoms with van der Waals surface area (Å²) >= 11 is 3.44. The van der Waals surface area contributed by atoms with E-state index in [1.54, 1.807) is 0 Å². The first-order valence-corrected chi connectivity index (χ1v) is 9.82. The minimum atomic E-state index is -4.01. The number of anilines is 1. The fraction of sp³-hybridized carbons (Fsp3) is 0.235. The molecule has 0 bridgehead atoms. The molecule has 0 aliphatic carbocycles. The quantitative estimate of drug-likeness (QED) is 0.766. The van der Waals surface area contributed by atoms with Crippen molar-refractivity contribution in [2.24, 2.45) is 5.14 Å². The Kier molecular flexibility index (Phi) is 5.87. The minimum Gasteiger partial charge on any atom is -0.495 e. The molecular formula is C17H19BrN2O4S. The van der Waals surface area contributed by atoms with Gasteiger partial charge in [0.15, 0.2) is 0 Å². The van der Waals surface area contributed by atoms with Crippen LogP contribution in [-0.4, -0.2) is 21.4 Å². The van der Waals surface area contributed by atoms with Crippen molar-refractivity contribution in [2.75, 3.05) is 12.4 Å². The van der Waals surface area contributed by atoms with Gasteiger partial charge < -0.3 is 10.1 Å². The number of aryl methyl sites for hydroxylation is 2. The van der Waals surface area contributed by atoms with Gasteiger partial charge in [-0.25, -0.2) is 13.6 Å². The van der Waals surface area contributed by atoms with Gasteiger partial charge in [-0.15, -0.1) is 0 Å². The third kappa shape index (κ3) is 4.39. The lowest BCUT2D eigenvalue weighted by atomic mass is 10.1. The second kappa shape index (κ2) is 7.55. The van der Waals surface area contributed by atoms with Gasteiger partial charge in [0.2, 0.25) is 10.0 Å². The molecule has 134 valence electrons. The molecule has 0 aliphatic rings. The number of rotatable bonds is 5. The molecule has 0 atom stereocenters. The van der Waals surface area contributed by atoms with Gasteiger partial charge in [-0.3, -0.25) is 4.79 Å². The van der Waals surface area contributed by atoms with E-state index in [1.165, 1.54) is 25.3 Å². The lowest BCUT2D eigenvalue weighted by Crippen LogP contribution is -2.17. The normalized spacial score (nSPS) is 11.2. The third-order valence-electron chi connectivity index (χ3n) is 3.73. The van der Waals surface area contributed by atoms with Crippen LogP contribution >= 0.6 is 15.9 Å². The van der Waals surface area contributed by atoms with Gasteiger partial charge in [0, 0.05) is 15.7 Å². The predicted octanol–water partition coefficient (Wildman–Crippen LogP) is 3.23. The highest BCUT2D eigenvalue weighted by molar-refractivity contribution is 9.10. The Bertz CT molecular complexity index is 926. The molecule has 0 heterocycles. The maximum absolute atomic E-state index is 12.6. The van der Waals surface area contributed by atoms with Crippen molar-refractivity contribution in [1.82, 2.24) is 0 Å². The van der Waals surface area contributed by atoms with Crippen molar-refractivity contribution in [2.45, 2.75) is 25.2 Å². The van der Waals surface area contributed by atoms with E-state index >= 15 is 0 Å². The van der Waals surface area contributed by atoms with E-state index in [4.69, 9.17) is 9.88 Å². The molecule has 0 saturated carbocycles. The molecule has 0 radical (unpaired) electrons. The highest BCUT2D eigenvalue weighted by atomic mass is 79.9. The van der Waals surface area contributed by atoms with E-state index in [2.05, 4.69) is 21.2 Å². The number of methoxy groups -OCH3 is 1. The molecule has 6 nitrogen and oxygen atoms in total. The second-order valence-electron chi connectivity index (χ2n) is 5.48. The number of primary sulfonamides is 1. The summed E-state index contributed by atoms with van der Waals surface area (Å²) in [6.07, 6.45) is 0.737. The van der Waals surface area contributed by atoms with Gasteiger partial charge in [0.05, 0.1) is 7.11 Å². The third-order valence-corrected chi connectivity index (χ3v) is 5.12. The molecule has 0 fully saturated rings. The number of ether oxygens (including phenoxy) is 1. The average Bonchev–Trinajstić information content (AvgIpc) is 2.55. The molecule has 8 heteroatoms. The minimum absolute atomic E-state index is 0.0909. The number of carbonyl (C=O) groups excluding carboxylic acids is 1. The molecule has 0 spiro atoms. The molecule has 2 aromatic carbocycles. The molecule has 2 rings (SSSR count). The molecule has 1 amide bonds. The summed E-state index contributed by atoms with van der Waals surface area (Å²) in [5.41, 5.74) is 2.76. The Hall–Kier alpha value is -1.90. The fourth-order valence-corrected chi connectivity index (χ4v) is 3.84. The zero-order valence-corrected chi connectivity index (χ0v) is 16.5. The van der Waals surface area contributed by atoms with Crippen LogP contribution in [-0.2, 0) is 16.4 Å². The molecule has 3 N–H and O–H groups in total. The van der Waals surface area contributed by atoms with Gasteiger partial charge in [-0.2, -0.15) is 0 Å². The van der Waals surface area contributed by atoms with Crippen LogP contribution in [0.4, 0.5) is 5.69 Å². The molecular weight excluding hydrogens is 408 g/mol. The Morgan fingerprint density at radius 3 is 2.52 bits per heavy atom. The standard InChI is InChI=1S/C17H19BrN2O4S/c1-4-11-8-13(18)7-10(2)16(11)20-17(21)12-5-6-14(24-3)15(9-12)25(19,22)23/h5-9H,4H2,1-3H3,(H,20,21)(H2,19,22,23). The largest absolute Gasteiger partial charge is 0.495 e. The highest BCUT2D eigenvalue weighted by Crippen LogP contribution is 2.28. The van der Waals surface area contributed by atoms with Crippen LogP contribution in [0.25, 0.3) is 0 Å². The van der Waals surface area contributed by atoms with Crippen LogP contribution in [0.2, 0.25) is 0 Å². The maximum Gasteiger partial charge on any atom is 0.255 e. The van der Waals surface area contributed by atoms with Crippen LogP contribution in [0.5, 0.6) is 5.75 Å². The lowest BCUT2D eigenvalue weighted by Gasteiger charge is -2.15. The average molecular weight is 427 g/mol. The molecule has 0 saturated heterocycles. The Morgan fingerprint density at radius 2 is 1.96 bits per heavy atom. The smallest absolute Gasteiger partial charge is 0.255 e. The van der Waals surface area contributed by atoms with E-state index < -0.39 is 15.9 Å². The van der Waals surface area contributed by atoms with E-state index in [0.717, 1.165) is 22.0 Å². The topological polar surface area (TPSA) is 98.5 Å². The summed E-state index contributed by atoms with van der Waals surface area (Å²) < 4.78 is 29.3. The Morgan fingerprint density at radius 1 is 1.28 bits per heavy atom. The number of hydrogen-bond acceptors (Lipinski definition) is 4. The molecule has 25 heavy (non-hydrogen) atoms. The van der Waals surface area contributed by atoms with E-state index in [0.29, 0.717) is 5.69 Å². The lowest BCUT2D eigenvalue weighted by molar-refractivity contribution is 0.102. The van der Waals surface area contributed by atoms with E-state index in [9.17, 15) is 13.2 Å². The van der Waals surface area contributed by atoms with E-state index in [-0.39, 0.29) is 16.2 Å². The first-order chi connectivity index (χ1) is 11.7. The zero-order chi connectivity index (χ0) is 18.8. The van der Waals surface area contributed by atoms with Crippen LogP contribution in [0.1, 0.15) is 28.4 Å². The number of sulfonamides is 1. The summed E-state index contributed by atoms with van der Waals surface area (Å²) in [6.45, 7) is 3.88. The van der Waals surface area contributed by atoms with Gasteiger partial charge >= 0.3 is 0 Å². The van der Waals surface area contributed by atoms with Crippen molar-refractivity contribution in [3.05, 3.63) is 51.5 Å². The first kappa shape index (κ1) is 19.4. The SMILES string of the molecule is CCc1cc(Br)cc(C)c1NC(=O)c1ccc(OC)c(S(N)(=O)=O)c1. The second-order valence-corrected chi connectivity index (χ2v) is 7.92. The number of hydrogen-bond donors (Lipinski definition) is 2. The van der Waals surface area contributed by atoms with Crippen molar-refractivity contribution < 1.29 is 17.9 Å². The summed E-state index contributed by atoms with van der Waals surface area (Å²) in [5.74, 6) is -0.333. The van der Waals surface area contributed by atoms with Crippen LogP contribution in [0.15, 0.2) is 39.7 Å². The summed E-state index contributed by atoms with van der Waals surface area (Å²) in [6, 6.07) is 7.95. The van der Waals surface area contributed by atoms with Crippen LogP contribution < -0.4 is 15.2 Å². The van der Waals surface area contributed by atoms with Crippen molar-refractivity contribution in [3.63, 3.8) is 0 Å². The fourth-order valence-electron chi connectivity index (χ4n) is 2.50. The van der Waals surface area contributed by atoms with Crippen molar-refractivity contribution >= 4 is 37.5 Å². The molecule has 0 aromatic heterocycles. The van der Waals surface area contributed by atoms with Crippen LogP contribution in [0.3, 0.4) is 0 Å². The van der Waals surface area contributed by atoms with Gasteiger partial charge in [-0.05, 0) is 54.8 Å². The number of carbonyl (C=O) groups is 1. The van der Waals surface area contributed by atoms with Crippen molar-refractivity contribution in [1.29, 1.82) is 0 Å². The number of benzene rings is 2. The molecule has 0 unspecified atom stereocenters. The number of amides is 1. The first-order valence-electron chi connectivity index (χ1n) is 7.48. The number of nitrogens with two attached hydrogens (primary N) is 1. The van der Waals surface area contributed by atoms with Gasteiger partial charge in [0.1, 0.15) is 10.6 Å². The molecule has 2 aromatic rings. The van der Waals surface area contributed by atoms with Crippen LogP contribution in [0, 0.1) is 6.92 Å².